The van der Waals surface area contributed by atoms with Crippen LogP contribution in [0.5, 0.6) is 0 Å². The van der Waals surface area contributed by atoms with Gasteiger partial charge in [-0.25, -0.2) is 14.4 Å². The molecule has 2 nitrogen and oxygen atoms in total. The van der Waals surface area contributed by atoms with E-state index in [0.29, 0.717) is 21.5 Å². The fraction of sp³-hybridized carbons (Fsp3) is 0.0667. The summed E-state index contributed by atoms with van der Waals surface area (Å²) in [6.45, 7) is 1.85. The summed E-state index contributed by atoms with van der Waals surface area (Å²) in [5, 5.41) is 1.58. The number of hydrogen-bond donors (Lipinski definition) is 0. The van der Waals surface area contributed by atoms with Gasteiger partial charge in [-0.1, -0.05) is 35.3 Å². The van der Waals surface area contributed by atoms with Gasteiger partial charge in [0.15, 0.2) is 5.82 Å². The molecule has 0 saturated heterocycles. The van der Waals surface area contributed by atoms with E-state index in [2.05, 4.69) is 9.97 Å². The van der Waals surface area contributed by atoms with Crippen molar-refractivity contribution in [3.8, 4) is 11.4 Å². The molecule has 100 valence electrons. The third-order valence-electron chi connectivity index (χ3n) is 3.12. The minimum absolute atomic E-state index is 0.256. The number of halogens is 3. The van der Waals surface area contributed by atoms with Gasteiger partial charge in [-0.15, -0.1) is 0 Å². The fourth-order valence-corrected chi connectivity index (χ4v) is 2.42. The van der Waals surface area contributed by atoms with E-state index in [1.165, 1.54) is 6.07 Å². The van der Waals surface area contributed by atoms with E-state index in [-0.39, 0.29) is 16.8 Å². The molecule has 20 heavy (non-hydrogen) atoms. The van der Waals surface area contributed by atoms with Crippen molar-refractivity contribution < 1.29 is 4.39 Å². The molecule has 5 heteroatoms. The first-order chi connectivity index (χ1) is 9.58. The van der Waals surface area contributed by atoms with Gasteiger partial charge in [0.1, 0.15) is 11.0 Å². The highest BCUT2D eigenvalue weighted by Gasteiger charge is 2.13. The fourth-order valence-electron chi connectivity index (χ4n) is 2.03. The molecule has 0 aliphatic heterocycles. The molecule has 0 spiro atoms. The molecule has 3 rings (SSSR count). The Morgan fingerprint density at radius 2 is 1.75 bits per heavy atom. The Morgan fingerprint density at radius 3 is 2.50 bits per heavy atom. The van der Waals surface area contributed by atoms with Gasteiger partial charge in [0, 0.05) is 10.4 Å². The Kier molecular flexibility index (Phi) is 3.32. The Bertz CT molecular complexity index is 818. The van der Waals surface area contributed by atoms with Crippen LogP contribution < -0.4 is 0 Å². The molecule has 0 bridgehead atoms. The molecular formula is C15H9Cl2FN2. The topological polar surface area (TPSA) is 25.8 Å². The second-order valence-corrected chi connectivity index (χ2v) is 5.15. The van der Waals surface area contributed by atoms with E-state index in [9.17, 15) is 4.39 Å². The Morgan fingerprint density at radius 1 is 1.00 bits per heavy atom. The van der Waals surface area contributed by atoms with E-state index in [4.69, 9.17) is 23.2 Å². The van der Waals surface area contributed by atoms with Crippen LogP contribution in [0.1, 0.15) is 5.56 Å². The molecule has 3 aromatic rings. The first kappa shape index (κ1) is 13.3. The van der Waals surface area contributed by atoms with E-state index >= 15 is 0 Å². The summed E-state index contributed by atoms with van der Waals surface area (Å²) in [5.74, 6) is -0.131. The van der Waals surface area contributed by atoms with E-state index in [1.807, 2.05) is 6.92 Å². The molecule has 0 amide bonds. The lowest BCUT2D eigenvalue weighted by molar-refractivity contribution is 0.630. The highest BCUT2D eigenvalue weighted by molar-refractivity contribution is 6.35. The molecule has 0 unspecified atom stereocenters. The number of aryl methyl sites for hydroxylation is 1. The summed E-state index contributed by atoms with van der Waals surface area (Å²) < 4.78 is 13.8. The minimum Gasteiger partial charge on any atom is -0.227 e. The Hall–Kier alpha value is -1.71. The zero-order valence-electron chi connectivity index (χ0n) is 10.5. The van der Waals surface area contributed by atoms with Crippen molar-refractivity contribution >= 4 is 34.1 Å². The number of aromatic nitrogens is 2. The van der Waals surface area contributed by atoms with Gasteiger partial charge < -0.3 is 0 Å². The van der Waals surface area contributed by atoms with Crippen molar-refractivity contribution in [1.82, 2.24) is 9.97 Å². The number of fused-ring (bicyclic) bond motifs is 1. The van der Waals surface area contributed by atoms with Gasteiger partial charge in [-0.3, -0.25) is 0 Å². The van der Waals surface area contributed by atoms with Gasteiger partial charge in [0.05, 0.1) is 11.1 Å². The van der Waals surface area contributed by atoms with Crippen LogP contribution in [0.15, 0.2) is 36.4 Å². The quantitative estimate of drug-likeness (QED) is 0.588. The maximum atomic E-state index is 13.8. The molecule has 0 N–H and O–H groups in total. The van der Waals surface area contributed by atoms with Crippen LogP contribution in [0.4, 0.5) is 4.39 Å². The van der Waals surface area contributed by atoms with Crippen molar-refractivity contribution in [2.45, 2.75) is 6.92 Å². The maximum absolute atomic E-state index is 13.8. The second-order valence-electron chi connectivity index (χ2n) is 4.39. The number of benzene rings is 2. The highest BCUT2D eigenvalue weighted by Crippen LogP contribution is 2.30. The lowest BCUT2D eigenvalue weighted by atomic mass is 10.1. The Balaban J connectivity index is 2.34. The highest BCUT2D eigenvalue weighted by atomic mass is 35.5. The molecule has 0 fully saturated rings. The standard InChI is InChI=1S/C15H9Cl2FN2/c1-8-11(16)7-6-10-13(8)19-15(20-14(10)17)9-4-2-3-5-12(9)18/h2-7H,1H3. The van der Waals surface area contributed by atoms with Gasteiger partial charge >= 0.3 is 0 Å². The number of nitrogens with zero attached hydrogens (tertiary/aromatic N) is 2. The van der Waals surface area contributed by atoms with Crippen LogP contribution in [0.2, 0.25) is 10.2 Å². The molecule has 0 aliphatic rings. The van der Waals surface area contributed by atoms with Gasteiger partial charge in [-0.2, -0.15) is 0 Å². The van der Waals surface area contributed by atoms with Crippen molar-refractivity contribution in [2.75, 3.05) is 0 Å². The molecule has 1 heterocycles. The van der Waals surface area contributed by atoms with Crippen molar-refractivity contribution in [3.63, 3.8) is 0 Å². The van der Waals surface area contributed by atoms with Crippen molar-refractivity contribution in [3.05, 3.63) is 58.0 Å². The predicted molar refractivity (Wildman–Crippen MR) is 79.7 cm³/mol. The summed E-state index contributed by atoms with van der Waals surface area (Å²) in [5.41, 5.74) is 1.75. The SMILES string of the molecule is Cc1c(Cl)ccc2c(Cl)nc(-c3ccccc3F)nc12. The van der Waals surface area contributed by atoms with E-state index in [1.54, 1.807) is 30.3 Å². The first-order valence-electron chi connectivity index (χ1n) is 5.95. The lowest BCUT2D eigenvalue weighted by Crippen LogP contribution is -1.96. The average Bonchev–Trinajstić information content (AvgIpc) is 2.43. The summed E-state index contributed by atoms with van der Waals surface area (Å²) in [4.78, 5) is 8.58. The van der Waals surface area contributed by atoms with Crippen molar-refractivity contribution in [2.24, 2.45) is 0 Å². The monoisotopic (exact) mass is 306 g/mol. The smallest absolute Gasteiger partial charge is 0.164 e. The molecule has 0 aliphatic carbocycles. The zero-order valence-corrected chi connectivity index (χ0v) is 12.0. The summed E-state index contributed by atoms with van der Waals surface area (Å²) >= 11 is 12.3. The molecular weight excluding hydrogens is 298 g/mol. The zero-order chi connectivity index (χ0) is 14.3. The molecule has 1 aromatic heterocycles. The lowest BCUT2D eigenvalue weighted by Gasteiger charge is -2.08. The van der Waals surface area contributed by atoms with Gasteiger partial charge in [0.2, 0.25) is 0 Å². The third kappa shape index (κ3) is 2.13. The first-order valence-corrected chi connectivity index (χ1v) is 6.71. The van der Waals surface area contributed by atoms with Crippen LogP contribution in [-0.4, -0.2) is 9.97 Å². The second kappa shape index (κ2) is 5.00. The average molecular weight is 307 g/mol. The van der Waals surface area contributed by atoms with Crippen molar-refractivity contribution in [1.29, 1.82) is 0 Å². The molecule has 0 radical (unpaired) electrons. The molecule has 0 saturated carbocycles. The third-order valence-corrected chi connectivity index (χ3v) is 3.82. The van der Waals surface area contributed by atoms with Crippen LogP contribution in [0.3, 0.4) is 0 Å². The predicted octanol–water partition coefficient (Wildman–Crippen LogP) is 5.05. The van der Waals surface area contributed by atoms with Crippen LogP contribution in [-0.2, 0) is 0 Å². The van der Waals surface area contributed by atoms with E-state index < -0.39 is 0 Å². The largest absolute Gasteiger partial charge is 0.227 e. The summed E-state index contributed by atoms with van der Waals surface area (Å²) in [6.07, 6.45) is 0. The van der Waals surface area contributed by atoms with Crippen LogP contribution in [0.25, 0.3) is 22.3 Å². The van der Waals surface area contributed by atoms with E-state index in [0.717, 1.165) is 5.56 Å². The maximum Gasteiger partial charge on any atom is 0.164 e. The number of hydrogen-bond acceptors (Lipinski definition) is 2. The summed E-state index contributed by atoms with van der Waals surface area (Å²) in [7, 11) is 0. The van der Waals surface area contributed by atoms with Crippen LogP contribution >= 0.6 is 23.2 Å². The normalized spacial score (nSPS) is 11.0. The van der Waals surface area contributed by atoms with Crippen LogP contribution in [0, 0.1) is 12.7 Å². The molecule has 2 aromatic carbocycles. The van der Waals surface area contributed by atoms with Gasteiger partial charge in [-0.05, 0) is 36.8 Å². The molecule has 0 atom stereocenters. The van der Waals surface area contributed by atoms with Gasteiger partial charge in [0.25, 0.3) is 0 Å². The Labute approximate surface area is 125 Å². The number of rotatable bonds is 1. The summed E-state index contributed by atoms with van der Waals surface area (Å²) in [6, 6.07) is 9.83. The minimum atomic E-state index is -0.386.